The first-order valence-electron chi connectivity index (χ1n) is 6.46. The summed E-state index contributed by atoms with van der Waals surface area (Å²) in [5.41, 5.74) is 5.44. The second-order valence-electron chi connectivity index (χ2n) is 5.85. The second-order valence-corrected chi connectivity index (χ2v) is 9.13. The molecule has 0 spiro atoms. The summed E-state index contributed by atoms with van der Waals surface area (Å²) in [4.78, 5) is 20.2. The molecule has 1 amide bonds. The van der Waals surface area contributed by atoms with Gasteiger partial charge in [-0.15, -0.1) is 23.2 Å². The van der Waals surface area contributed by atoms with Crippen LogP contribution in [-0.4, -0.2) is 31.1 Å². The van der Waals surface area contributed by atoms with Gasteiger partial charge in [0.05, 0.1) is 21.9 Å². The van der Waals surface area contributed by atoms with Crippen LogP contribution in [-0.2, 0) is 9.59 Å². The van der Waals surface area contributed by atoms with Crippen LogP contribution in [0.2, 0.25) is 0 Å². The number of primary amides is 1. The zero-order valence-corrected chi connectivity index (χ0v) is 15.6. The highest BCUT2D eigenvalue weighted by atomic mass is 35.5. The van der Waals surface area contributed by atoms with Gasteiger partial charge in [-0.1, -0.05) is 58.6 Å². The average Bonchev–Trinajstić information content (AvgIpc) is 2.67. The molecule has 0 aromatic rings. The smallest absolute Gasteiger partial charge is 0.311 e. The molecule has 10 heteroatoms. The summed E-state index contributed by atoms with van der Waals surface area (Å²) in [6, 6.07) is 0. The summed E-state index contributed by atoms with van der Waals surface area (Å²) in [5.74, 6) is -6.05. The van der Waals surface area contributed by atoms with Crippen molar-refractivity contribution in [3.05, 3.63) is 22.2 Å². The highest BCUT2D eigenvalue weighted by Crippen LogP contribution is 2.78. The number of hydrogen-bond acceptors (Lipinski definition) is 2. The lowest BCUT2D eigenvalue weighted by Gasteiger charge is -2.42. The topological polar surface area (TPSA) is 80.4 Å². The number of nitrogens with two attached hydrogens (primary N) is 1. The number of fused-ring (bicyclic) bond motifs is 5. The van der Waals surface area contributed by atoms with Crippen LogP contribution >= 0.6 is 69.6 Å². The largest absolute Gasteiger partial charge is 0.481 e. The molecular weight excluding hydrogens is 431 g/mol. The molecule has 3 N–H and O–H groups in total. The zero-order chi connectivity index (χ0) is 17.5. The molecule has 23 heavy (non-hydrogen) atoms. The van der Waals surface area contributed by atoms with Gasteiger partial charge in [-0.2, -0.15) is 0 Å². The van der Waals surface area contributed by atoms with Crippen molar-refractivity contribution in [2.24, 2.45) is 29.4 Å². The molecule has 1 saturated carbocycles. The van der Waals surface area contributed by atoms with Crippen LogP contribution in [0.4, 0.5) is 0 Å². The van der Waals surface area contributed by atoms with Crippen molar-refractivity contribution in [3.63, 3.8) is 0 Å². The van der Waals surface area contributed by atoms with Crippen molar-refractivity contribution < 1.29 is 14.7 Å². The standard InChI is InChI=1S/C13H9Cl6NO3/c14-7-8(15)12(17)6-4(11(7,16)13(12,18)19)2-1-3(10(22)23)5(6)9(20)21/h1-6H,(H2,20,21)(H,22,23). The Labute approximate surface area is 161 Å². The maximum Gasteiger partial charge on any atom is 0.311 e. The molecule has 0 aromatic heterocycles. The van der Waals surface area contributed by atoms with Gasteiger partial charge in [0.15, 0.2) is 4.33 Å². The van der Waals surface area contributed by atoms with Gasteiger partial charge in [-0.05, 0) is 0 Å². The third-order valence-electron chi connectivity index (χ3n) is 4.96. The Bertz CT molecular complexity index is 691. The van der Waals surface area contributed by atoms with Crippen molar-refractivity contribution in [3.8, 4) is 0 Å². The van der Waals surface area contributed by atoms with Crippen LogP contribution in [0.3, 0.4) is 0 Å². The number of carboxylic acids is 1. The molecule has 0 aromatic carbocycles. The van der Waals surface area contributed by atoms with E-state index >= 15 is 0 Å². The molecule has 2 bridgehead atoms. The monoisotopic (exact) mass is 437 g/mol. The Morgan fingerprint density at radius 2 is 1.57 bits per heavy atom. The van der Waals surface area contributed by atoms with Crippen LogP contribution in [0.15, 0.2) is 22.2 Å². The highest BCUT2D eigenvalue weighted by Gasteiger charge is 2.83. The number of allylic oxidation sites excluding steroid dienone is 3. The second kappa shape index (κ2) is 5.09. The summed E-state index contributed by atoms with van der Waals surface area (Å²) >= 11 is 38.6. The van der Waals surface area contributed by atoms with E-state index in [1.165, 1.54) is 12.2 Å². The Kier molecular flexibility index (Phi) is 3.97. The summed E-state index contributed by atoms with van der Waals surface area (Å²) in [7, 11) is 0. The highest BCUT2D eigenvalue weighted by molar-refractivity contribution is 6.65. The molecule has 1 fully saturated rings. The van der Waals surface area contributed by atoms with E-state index < -0.39 is 49.6 Å². The van der Waals surface area contributed by atoms with Crippen molar-refractivity contribution in [1.29, 1.82) is 0 Å². The van der Waals surface area contributed by atoms with Crippen LogP contribution in [0.25, 0.3) is 0 Å². The molecular formula is C13H9Cl6NO3. The van der Waals surface area contributed by atoms with E-state index in [1.807, 2.05) is 0 Å². The third kappa shape index (κ3) is 1.78. The molecule has 0 radical (unpaired) electrons. The van der Waals surface area contributed by atoms with E-state index in [4.69, 9.17) is 75.3 Å². The zero-order valence-electron chi connectivity index (χ0n) is 11.1. The predicted octanol–water partition coefficient (Wildman–Crippen LogP) is 3.44. The number of carboxylic acid groups (broad SMARTS) is 1. The Morgan fingerprint density at radius 1 is 1.04 bits per heavy atom. The Morgan fingerprint density at radius 3 is 2.04 bits per heavy atom. The lowest BCUT2D eigenvalue weighted by Crippen LogP contribution is -2.51. The first-order chi connectivity index (χ1) is 10.4. The number of rotatable bonds is 2. The number of hydrogen-bond donors (Lipinski definition) is 2. The fourth-order valence-electron chi connectivity index (χ4n) is 3.96. The average molecular weight is 440 g/mol. The Balaban J connectivity index is 2.29. The molecule has 3 aliphatic carbocycles. The Hall–Kier alpha value is 0.160. The van der Waals surface area contributed by atoms with Crippen LogP contribution in [0.5, 0.6) is 0 Å². The molecule has 0 heterocycles. The number of carbonyl (C=O) groups is 2. The molecule has 6 atom stereocenters. The van der Waals surface area contributed by atoms with E-state index in [9.17, 15) is 14.7 Å². The number of aliphatic carboxylic acids is 1. The lowest BCUT2D eigenvalue weighted by molar-refractivity contribution is -0.146. The molecule has 3 aliphatic rings. The van der Waals surface area contributed by atoms with Crippen LogP contribution in [0.1, 0.15) is 0 Å². The predicted molar refractivity (Wildman–Crippen MR) is 90.3 cm³/mol. The summed E-state index contributed by atoms with van der Waals surface area (Å²) in [6.07, 6.45) is 2.86. The van der Waals surface area contributed by atoms with E-state index in [0.717, 1.165) is 0 Å². The SMILES string of the molecule is NC(=O)C1C(C(=O)O)C=CC2C1C1(Cl)C(Cl)=C(Cl)C2(Cl)C1(Cl)Cl. The van der Waals surface area contributed by atoms with Gasteiger partial charge in [0.1, 0.15) is 9.75 Å². The van der Waals surface area contributed by atoms with Gasteiger partial charge < -0.3 is 10.8 Å². The first kappa shape index (κ1) is 18.0. The minimum absolute atomic E-state index is 0.0104. The molecule has 3 rings (SSSR count). The van der Waals surface area contributed by atoms with Gasteiger partial charge in [0.2, 0.25) is 5.91 Å². The van der Waals surface area contributed by atoms with E-state index in [1.54, 1.807) is 0 Å². The number of carbonyl (C=O) groups excluding carboxylic acids is 1. The lowest BCUT2D eigenvalue weighted by atomic mass is 9.65. The molecule has 0 aliphatic heterocycles. The molecule has 0 saturated heterocycles. The molecule has 6 unspecified atom stereocenters. The third-order valence-corrected chi connectivity index (χ3v) is 9.26. The van der Waals surface area contributed by atoms with Crippen molar-refractivity contribution in [1.82, 2.24) is 0 Å². The normalized spacial score (nSPS) is 46.9. The summed E-state index contributed by atoms with van der Waals surface area (Å²) < 4.78 is -1.85. The fourth-order valence-corrected chi connectivity index (χ4v) is 6.98. The number of alkyl halides is 4. The first-order valence-corrected chi connectivity index (χ1v) is 8.73. The van der Waals surface area contributed by atoms with E-state index in [2.05, 4.69) is 0 Å². The number of amides is 1. The minimum Gasteiger partial charge on any atom is -0.481 e. The van der Waals surface area contributed by atoms with Gasteiger partial charge in [-0.3, -0.25) is 9.59 Å². The quantitative estimate of drug-likeness (QED) is 0.511. The summed E-state index contributed by atoms with van der Waals surface area (Å²) in [5, 5.41) is 9.27. The van der Waals surface area contributed by atoms with Gasteiger partial charge in [0.25, 0.3) is 0 Å². The number of halogens is 6. The van der Waals surface area contributed by atoms with Crippen molar-refractivity contribution in [2.75, 3.05) is 0 Å². The van der Waals surface area contributed by atoms with Gasteiger partial charge in [0, 0.05) is 11.8 Å². The fraction of sp³-hybridized carbons (Fsp3) is 0.538. The van der Waals surface area contributed by atoms with E-state index in [-0.39, 0.29) is 10.1 Å². The van der Waals surface area contributed by atoms with Crippen molar-refractivity contribution in [2.45, 2.75) is 14.1 Å². The molecule has 126 valence electrons. The van der Waals surface area contributed by atoms with Gasteiger partial charge in [-0.25, -0.2) is 0 Å². The molecule has 4 nitrogen and oxygen atoms in total. The van der Waals surface area contributed by atoms with Gasteiger partial charge >= 0.3 is 5.97 Å². The maximum absolute atomic E-state index is 12.0. The minimum atomic E-state index is -1.85. The van der Waals surface area contributed by atoms with E-state index in [0.29, 0.717) is 0 Å². The van der Waals surface area contributed by atoms with Crippen LogP contribution < -0.4 is 5.73 Å². The summed E-state index contributed by atoms with van der Waals surface area (Å²) in [6.45, 7) is 0. The maximum atomic E-state index is 12.0. The van der Waals surface area contributed by atoms with Crippen LogP contribution in [0, 0.1) is 23.7 Å². The van der Waals surface area contributed by atoms with Crippen molar-refractivity contribution >= 4 is 81.5 Å².